The van der Waals surface area contributed by atoms with E-state index in [1.54, 1.807) is 51.1 Å². The van der Waals surface area contributed by atoms with Crippen molar-refractivity contribution in [2.24, 2.45) is 5.41 Å². The molecule has 0 heterocycles. The number of amides is 1. The van der Waals surface area contributed by atoms with E-state index in [9.17, 15) is 13.2 Å². The summed E-state index contributed by atoms with van der Waals surface area (Å²) in [6, 6.07) is 11.0. The van der Waals surface area contributed by atoms with Crippen LogP contribution in [0.15, 0.2) is 47.4 Å². The van der Waals surface area contributed by atoms with Crippen molar-refractivity contribution in [1.29, 1.82) is 0 Å². The molecule has 0 spiro atoms. The van der Waals surface area contributed by atoms with Gasteiger partial charge in [-0.05, 0) is 30.3 Å². The molecule has 2 aromatic carbocycles. The number of hydrogen-bond acceptors (Lipinski definition) is 5. The van der Waals surface area contributed by atoms with Crippen molar-refractivity contribution in [3.05, 3.63) is 42.5 Å². The highest BCUT2D eigenvalue weighted by molar-refractivity contribution is 7.92. The minimum absolute atomic E-state index is 0.0477. The molecule has 0 saturated heterocycles. The zero-order chi connectivity index (χ0) is 20.2. The van der Waals surface area contributed by atoms with Gasteiger partial charge in [0, 0.05) is 17.2 Å². The monoisotopic (exact) mass is 392 g/mol. The Bertz CT molecular complexity index is 933. The molecule has 8 heteroatoms. The Morgan fingerprint density at radius 1 is 0.963 bits per heavy atom. The van der Waals surface area contributed by atoms with Gasteiger partial charge in [-0.25, -0.2) is 8.42 Å². The fourth-order valence-corrected chi connectivity index (χ4v) is 3.42. The van der Waals surface area contributed by atoms with Crippen LogP contribution >= 0.6 is 0 Å². The summed E-state index contributed by atoms with van der Waals surface area (Å²) in [6.45, 7) is 5.39. The molecule has 2 rings (SSSR count). The summed E-state index contributed by atoms with van der Waals surface area (Å²) in [5.41, 5.74) is 0.239. The van der Waals surface area contributed by atoms with E-state index in [0.717, 1.165) is 0 Å². The van der Waals surface area contributed by atoms with E-state index in [-0.39, 0.29) is 16.6 Å². The number of methoxy groups -OCH3 is 2. The van der Waals surface area contributed by atoms with Gasteiger partial charge in [-0.1, -0.05) is 26.8 Å². The van der Waals surface area contributed by atoms with Crippen LogP contribution in [-0.2, 0) is 14.8 Å². The number of anilines is 2. The molecule has 0 aromatic heterocycles. The van der Waals surface area contributed by atoms with Crippen LogP contribution in [0, 0.1) is 5.41 Å². The third-order valence-electron chi connectivity index (χ3n) is 3.71. The molecule has 0 radical (unpaired) electrons. The van der Waals surface area contributed by atoms with E-state index in [1.165, 1.54) is 26.4 Å². The standard InChI is InChI=1S/C19H24N2O5S/c1-19(2,3)18(22)20-13-7-6-8-14(11-13)21-27(23,24)17-12-15(25-4)9-10-16(17)26-5/h6-12,21H,1-5H3,(H,20,22). The maximum atomic E-state index is 12.8. The first-order valence-electron chi connectivity index (χ1n) is 8.23. The topological polar surface area (TPSA) is 93.7 Å². The molecule has 27 heavy (non-hydrogen) atoms. The van der Waals surface area contributed by atoms with Gasteiger partial charge < -0.3 is 14.8 Å². The van der Waals surface area contributed by atoms with Gasteiger partial charge in [0.05, 0.1) is 19.9 Å². The highest BCUT2D eigenvalue weighted by Gasteiger charge is 2.23. The Balaban J connectivity index is 2.31. The number of benzene rings is 2. The summed E-state index contributed by atoms with van der Waals surface area (Å²) < 4.78 is 38.4. The molecular weight excluding hydrogens is 368 g/mol. The zero-order valence-corrected chi connectivity index (χ0v) is 16.8. The van der Waals surface area contributed by atoms with Crippen LogP contribution in [-0.4, -0.2) is 28.5 Å². The summed E-state index contributed by atoms with van der Waals surface area (Å²) >= 11 is 0. The summed E-state index contributed by atoms with van der Waals surface area (Å²) in [6.07, 6.45) is 0. The first-order valence-corrected chi connectivity index (χ1v) is 9.71. The highest BCUT2D eigenvalue weighted by Crippen LogP contribution is 2.30. The van der Waals surface area contributed by atoms with Crippen LogP contribution in [0.2, 0.25) is 0 Å². The molecule has 146 valence electrons. The molecule has 0 aliphatic carbocycles. The van der Waals surface area contributed by atoms with Gasteiger partial charge >= 0.3 is 0 Å². The van der Waals surface area contributed by atoms with Gasteiger partial charge in [0.15, 0.2) is 0 Å². The van der Waals surface area contributed by atoms with E-state index in [1.807, 2.05) is 0 Å². The normalized spacial score (nSPS) is 11.6. The second-order valence-electron chi connectivity index (χ2n) is 6.91. The molecule has 0 atom stereocenters. The number of sulfonamides is 1. The highest BCUT2D eigenvalue weighted by atomic mass is 32.2. The molecule has 2 N–H and O–H groups in total. The Hall–Kier alpha value is -2.74. The Morgan fingerprint density at radius 3 is 2.22 bits per heavy atom. The van der Waals surface area contributed by atoms with E-state index in [4.69, 9.17) is 9.47 Å². The Labute approximate surface area is 159 Å². The largest absolute Gasteiger partial charge is 0.497 e. The number of rotatable bonds is 6. The predicted octanol–water partition coefficient (Wildman–Crippen LogP) is 3.49. The van der Waals surface area contributed by atoms with Crippen LogP contribution in [0.5, 0.6) is 11.5 Å². The minimum atomic E-state index is -3.93. The minimum Gasteiger partial charge on any atom is -0.497 e. The molecule has 1 amide bonds. The van der Waals surface area contributed by atoms with Crippen molar-refractivity contribution in [3.63, 3.8) is 0 Å². The van der Waals surface area contributed by atoms with Crippen molar-refractivity contribution in [2.45, 2.75) is 25.7 Å². The van der Waals surface area contributed by atoms with E-state index >= 15 is 0 Å². The molecule has 2 aromatic rings. The van der Waals surface area contributed by atoms with Crippen LogP contribution in [0.25, 0.3) is 0 Å². The summed E-state index contributed by atoms with van der Waals surface area (Å²) in [5, 5.41) is 2.77. The second-order valence-corrected chi connectivity index (χ2v) is 8.56. The predicted molar refractivity (Wildman–Crippen MR) is 105 cm³/mol. The van der Waals surface area contributed by atoms with Gasteiger partial charge in [0.25, 0.3) is 10.0 Å². The molecule has 0 bridgehead atoms. The number of hydrogen-bond donors (Lipinski definition) is 2. The number of carbonyl (C=O) groups excluding carboxylic acids is 1. The van der Waals surface area contributed by atoms with Crippen LogP contribution in [0.4, 0.5) is 11.4 Å². The third kappa shape index (κ3) is 5.13. The summed E-state index contributed by atoms with van der Waals surface area (Å²) in [4.78, 5) is 12.1. The Morgan fingerprint density at radius 2 is 1.63 bits per heavy atom. The lowest BCUT2D eigenvalue weighted by Crippen LogP contribution is -2.27. The lowest BCUT2D eigenvalue weighted by Gasteiger charge is -2.18. The van der Waals surface area contributed by atoms with Crippen LogP contribution < -0.4 is 19.5 Å². The quantitative estimate of drug-likeness (QED) is 0.785. The average Bonchev–Trinajstić information content (AvgIpc) is 2.60. The van der Waals surface area contributed by atoms with Crippen molar-refractivity contribution < 1.29 is 22.7 Å². The second kappa shape index (κ2) is 7.87. The van der Waals surface area contributed by atoms with Crippen molar-refractivity contribution >= 4 is 27.3 Å². The van der Waals surface area contributed by atoms with Crippen LogP contribution in [0.1, 0.15) is 20.8 Å². The number of carbonyl (C=O) groups is 1. The van der Waals surface area contributed by atoms with Gasteiger partial charge in [0.1, 0.15) is 16.4 Å². The molecule has 0 unspecified atom stereocenters. The molecule has 7 nitrogen and oxygen atoms in total. The molecule has 0 aliphatic heterocycles. The van der Waals surface area contributed by atoms with Crippen molar-refractivity contribution in [1.82, 2.24) is 0 Å². The maximum absolute atomic E-state index is 12.8. The van der Waals surface area contributed by atoms with Crippen LogP contribution in [0.3, 0.4) is 0 Å². The average molecular weight is 392 g/mol. The molecule has 0 aliphatic rings. The third-order valence-corrected chi connectivity index (χ3v) is 5.12. The smallest absolute Gasteiger partial charge is 0.265 e. The summed E-state index contributed by atoms with van der Waals surface area (Å²) in [5.74, 6) is 0.417. The number of ether oxygens (including phenoxy) is 2. The number of nitrogens with one attached hydrogen (secondary N) is 2. The molecule has 0 fully saturated rings. The molecular formula is C19H24N2O5S. The van der Waals surface area contributed by atoms with Gasteiger partial charge in [-0.3, -0.25) is 9.52 Å². The van der Waals surface area contributed by atoms with E-state index in [2.05, 4.69) is 10.0 Å². The first-order chi connectivity index (χ1) is 12.6. The van der Waals surface area contributed by atoms with Gasteiger partial charge in [-0.2, -0.15) is 0 Å². The summed E-state index contributed by atoms with van der Waals surface area (Å²) in [7, 11) is -1.09. The van der Waals surface area contributed by atoms with Crippen molar-refractivity contribution in [2.75, 3.05) is 24.3 Å². The van der Waals surface area contributed by atoms with Gasteiger partial charge in [0.2, 0.25) is 5.91 Å². The van der Waals surface area contributed by atoms with Crippen molar-refractivity contribution in [3.8, 4) is 11.5 Å². The first kappa shape index (κ1) is 20.6. The maximum Gasteiger partial charge on any atom is 0.265 e. The fourth-order valence-electron chi connectivity index (χ4n) is 2.18. The zero-order valence-electron chi connectivity index (χ0n) is 16.0. The SMILES string of the molecule is COc1ccc(OC)c(S(=O)(=O)Nc2cccc(NC(=O)C(C)(C)C)c2)c1. The fraction of sp³-hybridized carbons (Fsp3) is 0.316. The Kier molecular flexibility index (Phi) is 6.00. The molecule has 0 saturated carbocycles. The lowest BCUT2D eigenvalue weighted by molar-refractivity contribution is -0.123. The van der Waals surface area contributed by atoms with Gasteiger partial charge in [-0.15, -0.1) is 0 Å². The lowest BCUT2D eigenvalue weighted by atomic mass is 9.95. The van der Waals surface area contributed by atoms with E-state index in [0.29, 0.717) is 17.1 Å². The van der Waals surface area contributed by atoms with E-state index < -0.39 is 15.4 Å².